The zero-order chi connectivity index (χ0) is 20.7. The maximum absolute atomic E-state index is 13.4. The molecule has 0 aliphatic heterocycles. The van der Waals surface area contributed by atoms with Gasteiger partial charge in [-0.25, -0.2) is 17.6 Å². The molecule has 0 aliphatic rings. The van der Waals surface area contributed by atoms with Gasteiger partial charge < -0.3 is 4.74 Å². The van der Waals surface area contributed by atoms with Crippen LogP contribution in [0.1, 0.15) is 5.56 Å². The number of hydrogen-bond donors (Lipinski definition) is 0. The molecule has 1 rings (SSSR count). The lowest BCUT2D eigenvalue weighted by Crippen LogP contribution is -2.59. The molecule has 1 nitrogen and oxygen atoms in total. The van der Waals surface area contributed by atoms with Crippen LogP contribution in [-0.2, 0) is 0 Å². The number of benzene rings is 1. The first-order chi connectivity index (χ1) is 11.6. The third kappa shape index (κ3) is 3.24. The Labute approximate surface area is 136 Å². The summed E-state index contributed by atoms with van der Waals surface area (Å²) in [7, 11) is 0. The van der Waals surface area contributed by atoms with Gasteiger partial charge in [-0.2, -0.15) is 35.1 Å². The predicted molar refractivity (Wildman–Crippen MR) is 60.5 cm³/mol. The Bertz CT molecular complexity index is 705. The maximum atomic E-state index is 13.4. The highest BCUT2D eigenvalue weighted by molar-refractivity contribution is 5.42. The Hall–Kier alpha value is -2.26. The van der Waals surface area contributed by atoms with Crippen molar-refractivity contribution >= 4 is 0 Å². The summed E-state index contributed by atoms with van der Waals surface area (Å²) in [5.41, 5.74) is -1.63. The third-order valence-corrected chi connectivity index (χ3v) is 2.92. The van der Waals surface area contributed by atoms with Gasteiger partial charge in [-0.05, 0) is 0 Å². The Kier molecular flexibility index (Phi) is 5.70. The summed E-state index contributed by atoms with van der Waals surface area (Å²) in [4.78, 5) is 0. The van der Waals surface area contributed by atoms with Gasteiger partial charge in [-0.15, -0.1) is 6.42 Å². The Morgan fingerprint density at radius 1 is 0.846 bits per heavy atom. The second-order valence-corrected chi connectivity index (χ2v) is 4.60. The summed E-state index contributed by atoms with van der Waals surface area (Å²) in [6.45, 7) is -3.02. The Morgan fingerprint density at radius 2 is 1.27 bits per heavy atom. The number of rotatable bonds is 6. The fourth-order valence-corrected chi connectivity index (χ4v) is 1.50. The molecule has 0 N–H and O–H groups in total. The van der Waals surface area contributed by atoms with Crippen LogP contribution < -0.4 is 4.74 Å². The lowest BCUT2D eigenvalue weighted by Gasteiger charge is -2.32. The molecule has 0 unspecified atom stereocenters. The number of terminal acetylenes is 1. The van der Waals surface area contributed by atoms with Crippen LogP contribution in [0.4, 0.5) is 52.7 Å². The van der Waals surface area contributed by atoms with Crippen LogP contribution in [0.2, 0.25) is 0 Å². The SMILES string of the molecule is C#Cc1c(F)c(F)c(OCC(F)(F)C(F)(F)C(F)(F)C(F)F)c(F)c1F. The molecule has 0 spiro atoms. The van der Waals surface area contributed by atoms with Crippen LogP contribution in [-0.4, -0.2) is 30.8 Å². The van der Waals surface area contributed by atoms with Crippen molar-refractivity contribution in [3.8, 4) is 18.1 Å². The molecule has 0 atom stereocenters. The largest absolute Gasteiger partial charge is 0.481 e. The molecule has 0 aromatic heterocycles. The molecule has 0 radical (unpaired) electrons. The maximum Gasteiger partial charge on any atom is 0.381 e. The van der Waals surface area contributed by atoms with Gasteiger partial charge in [0.25, 0.3) is 0 Å². The summed E-state index contributed by atoms with van der Waals surface area (Å²) in [6.07, 6.45) is -0.696. The van der Waals surface area contributed by atoms with Gasteiger partial charge in [0.15, 0.2) is 24.0 Å². The predicted octanol–water partition coefficient (Wildman–Crippen LogP) is 4.77. The third-order valence-electron chi connectivity index (χ3n) is 2.92. The van der Waals surface area contributed by atoms with Gasteiger partial charge in [0.1, 0.15) is 5.56 Å². The molecule has 0 aliphatic carbocycles. The molecular formula is C13H4F12O. The van der Waals surface area contributed by atoms with Gasteiger partial charge in [-0.1, -0.05) is 5.92 Å². The van der Waals surface area contributed by atoms with E-state index in [2.05, 4.69) is 11.2 Å². The van der Waals surface area contributed by atoms with E-state index in [9.17, 15) is 52.7 Å². The van der Waals surface area contributed by atoms with Gasteiger partial charge >= 0.3 is 24.2 Å². The van der Waals surface area contributed by atoms with Crippen LogP contribution in [0.25, 0.3) is 0 Å². The van der Waals surface area contributed by atoms with E-state index >= 15 is 0 Å². The van der Waals surface area contributed by atoms with Crippen LogP contribution >= 0.6 is 0 Å². The summed E-state index contributed by atoms with van der Waals surface area (Å²) in [5.74, 6) is -30.3. The van der Waals surface area contributed by atoms with Crippen LogP contribution in [0, 0.1) is 35.6 Å². The Balaban J connectivity index is 3.26. The van der Waals surface area contributed by atoms with E-state index < -0.39 is 65.4 Å². The summed E-state index contributed by atoms with van der Waals surface area (Å²) >= 11 is 0. The molecular weight excluding hydrogens is 400 g/mol. The first-order valence-electron chi connectivity index (χ1n) is 6.00. The highest BCUT2D eigenvalue weighted by Gasteiger charge is 2.75. The minimum Gasteiger partial charge on any atom is -0.481 e. The lowest BCUT2D eigenvalue weighted by molar-refractivity contribution is -0.342. The zero-order valence-electron chi connectivity index (χ0n) is 11.8. The van der Waals surface area contributed by atoms with E-state index in [-0.39, 0.29) is 0 Å². The highest BCUT2D eigenvalue weighted by Crippen LogP contribution is 2.48. The van der Waals surface area contributed by atoms with Crippen LogP contribution in [0.3, 0.4) is 0 Å². The quantitative estimate of drug-likeness (QED) is 0.377. The standard InChI is InChI=1S/C13H4F12O/c1-2-4-5(14)7(16)9(8(17)6(4)15)26-3-11(20,21)13(24,25)12(22,23)10(18)19/h1,10H,3H2. The minimum absolute atomic E-state index is 1.17. The molecule has 0 heterocycles. The van der Waals surface area contributed by atoms with Crippen molar-refractivity contribution in [2.75, 3.05) is 6.61 Å². The fourth-order valence-electron chi connectivity index (χ4n) is 1.50. The molecule has 26 heavy (non-hydrogen) atoms. The van der Waals surface area contributed by atoms with Crippen molar-refractivity contribution in [1.82, 2.24) is 0 Å². The topological polar surface area (TPSA) is 9.23 Å². The van der Waals surface area contributed by atoms with E-state index in [0.717, 1.165) is 0 Å². The molecule has 0 fully saturated rings. The number of ether oxygens (including phenoxy) is 1. The van der Waals surface area contributed by atoms with Crippen molar-refractivity contribution in [3.05, 3.63) is 28.8 Å². The van der Waals surface area contributed by atoms with Crippen LogP contribution in [0.15, 0.2) is 0 Å². The average Bonchev–Trinajstić information content (AvgIpc) is 2.53. The van der Waals surface area contributed by atoms with E-state index in [4.69, 9.17) is 0 Å². The van der Waals surface area contributed by atoms with E-state index in [1.165, 1.54) is 5.92 Å². The molecule has 1 aromatic rings. The first kappa shape index (κ1) is 21.8. The molecule has 0 saturated carbocycles. The Morgan fingerprint density at radius 3 is 1.62 bits per heavy atom. The summed E-state index contributed by atoms with van der Waals surface area (Å²) in [5, 5.41) is 0. The van der Waals surface area contributed by atoms with E-state index in [1.807, 2.05) is 0 Å². The summed E-state index contributed by atoms with van der Waals surface area (Å²) < 4.78 is 158. The highest BCUT2D eigenvalue weighted by atomic mass is 19.4. The van der Waals surface area contributed by atoms with Crippen molar-refractivity contribution in [2.45, 2.75) is 24.2 Å². The molecule has 146 valence electrons. The fraction of sp³-hybridized carbons (Fsp3) is 0.385. The van der Waals surface area contributed by atoms with Crippen molar-refractivity contribution in [1.29, 1.82) is 0 Å². The van der Waals surface area contributed by atoms with Crippen molar-refractivity contribution in [3.63, 3.8) is 0 Å². The van der Waals surface area contributed by atoms with Gasteiger partial charge in [0.05, 0.1) is 0 Å². The summed E-state index contributed by atoms with van der Waals surface area (Å²) in [6, 6.07) is 0. The number of hydrogen-bond acceptors (Lipinski definition) is 1. The average molecular weight is 404 g/mol. The smallest absolute Gasteiger partial charge is 0.381 e. The van der Waals surface area contributed by atoms with Crippen molar-refractivity contribution < 1.29 is 57.4 Å². The second kappa shape index (κ2) is 6.81. The number of halogens is 12. The molecule has 1 aromatic carbocycles. The number of alkyl halides is 8. The lowest BCUT2D eigenvalue weighted by atomic mass is 10.1. The molecule has 0 bridgehead atoms. The molecule has 0 amide bonds. The zero-order valence-corrected chi connectivity index (χ0v) is 11.8. The molecule has 0 saturated heterocycles. The van der Waals surface area contributed by atoms with E-state index in [0.29, 0.717) is 0 Å². The van der Waals surface area contributed by atoms with Gasteiger partial charge in [-0.3, -0.25) is 0 Å². The molecule has 13 heteroatoms. The van der Waals surface area contributed by atoms with Gasteiger partial charge in [0.2, 0.25) is 11.6 Å². The first-order valence-corrected chi connectivity index (χ1v) is 6.00. The normalized spacial score (nSPS) is 13.1. The monoisotopic (exact) mass is 404 g/mol. The minimum atomic E-state index is -6.74. The van der Waals surface area contributed by atoms with E-state index in [1.54, 1.807) is 0 Å². The van der Waals surface area contributed by atoms with Crippen molar-refractivity contribution in [2.24, 2.45) is 0 Å². The van der Waals surface area contributed by atoms with Crippen LogP contribution in [0.5, 0.6) is 5.75 Å². The second-order valence-electron chi connectivity index (χ2n) is 4.60. The van der Waals surface area contributed by atoms with Gasteiger partial charge in [0, 0.05) is 0 Å².